The minimum Gasteiger partial charge on any atom is -0.324 e. The van der Waals surface area contributed by atoms with Crippen LogP contribution in [0, 0.1) is 0 Å². The van der Waals surface area contributed by atoms with Gasteiger partial charge in [-0.05, 0) is 54.5 Å². The van der Waals surface area contributed by atoms with E-state index >= 15 is 0 Å². The van der Waals surface area contributed by atoms with Crippen LogP contribution in [0.5, 0.6) is 0 Å². The molecule has 4 rings (SSSR count). The van der Waals surface area contributed by atoms with Crippen LogP contribution in [0.15, 0.2) is 53.4 Å². The molecule has 0 radical (unpaired) electrons. The second kappa shape index (κ2) is 9.50. The molecule has 13 heteroatoms. The van der Waals surface area contributed by atoms with Gasteiger partial charge in [0.05, 0.1) is 10.5 Å². The van der Waals surface area contributed by atoms with E-state index in [2.05, 4.69) is 20.7 Å². The first-order chi connectivity index (χ1) is 16.1. The lowest BCUT2D eigenvalue weighted by molar-refractivity contribution is -0.137. The number of piperidine rings is 1. The molecular weight excluding hydrogens is 473 g/mol. The fourth-order valence-corrected chi connectivity index (χ4v) is 5.07. The summed E-state index contributed by atoms with van der Waals surface area (Å²) in [6.07, 6.45) is -1.83. The van der Waals surface area contributed by atoms with E-state index in [4.69, 9.17) is 0 Å². The van der Waals surface area contributed by atoms with Crippen molar-refractivity contribution in [3.63, 3.8) is 0 Å². The number of amides is 1. The summed E-state index contributed by atoms with van der Waals surface area (Å²) in [5.74, 6) is -0.564. The third-order valence-electron chi connectivity index (χ3n) is 5.28. The Morgan fingerprint density at radius 2 is 1.74 bits per heavy atom. The second-order valence-electron chi connectivity index (χ2n) is 7.76. The number of alkyl halides is 3. The number of hydrogen-bond acceptors (Lipinski definition) is 6. The molecule has 0 atom stereocenters. The van der Waals surface area contributed by atoms with E-state index in [1.807, 2.05) is 0 Å². The number of anilines is 1. The van der Waals surface area contributed by atoms with Gasteiger partial charge in [-0.1, -0.05) is 18.6 Å². The third-order valence-corrected chi connectivity index (χ3v) is 7.19. The van der Waals surface area contributed by atoms with E-state index in [1.165, 1.54) is 40.7 Å². The normalized spacial score (nSPS) is 15.3. The number of nitrogens with one attached hydrogen (secondary N) is 1. The first-order valence-corrected chi connectivity index (χ1v) is 11.9. The molecule has 3 aromatic rings. The van der Waals surface area contributed by atoms with Crippen LogP contribution < -0.4 is 5.32 Å². The van der Waals surface area contributed by atoms with Gasteiger partial charge in [-0.25, -0.2) is 8.42 Å². The van der Waals surface area contributed by atoms with E-state index < -0.39 is 27.7 Å². The number of benzene rings is 2. The Morgan fingerprint density at radius 1 is 1.03 bits per heavy atom. The third kappa shape index (κ3) is 5.42. The molecule has 0 spiro atoms. The lowest BCUT2D eigenvalue weighted by Gasteiger charge is -2.25. The maximum absolute atomic E-state index is 12.9. The number of aromatic nitrogens is 4. The summed E-state index contributed by atoms with van der Waals surface area (Å²) in [4.78, 5) is 13.4. The molecule has 1 N–H and O–H groups in total. The van der Waals surface area contributed by atoms with Crippen molar-refractivity contribution < 1.29 is 26.4 Å². The fraction of sp³-hybridized carbons (Fsp3) is 0.333. The molecule has 1 aliphatic heterocycles. The molecule has 1 amide bonds. The van der Waals surface area contributed by atoms with Crippen molar-refractivity contribution in [2.24, 2.45) is 0 Å². The average molecular weight is 494 g/mol. The topological polar surface area (TPSA) is 110 Å². The molecule has 34 heavy (non-hydrogen) atoms. The standard InChI is InChI=1S/C21H21F3N6O3S/c22-21(23,24)16-6-4-5-15(13-16)20-26-28-30(27-20)14-19(31)25-17-7-9-18(10-8-17)34(32,33)29-11-2-1-3-12-29/h4-10,13H,1-3,11-12,14H2,(H,25,31). The number of sulfonamides is 1. The maximum Gasteiger partial charge on any atom is 0.416 e. The molecule has 0 aliphatic carbocycles. The van der Waals surface area contributed by atoms with E-state index in [0.717, 1.165) is 36.2 Å². The summed E-state index contributed by atoms with van der Waals surface area (Å²) >= 11 is 0. The monoisotopic (exact) mass is 494 g/mol. The Bertz CT molecular complexity index is 1270. The second-order valence-corrected chi connectivity index (χ2v) is 9.70. The van der Waals surface area contributed by atoms with Crippen LogP contribution in [0.1, 0.15) is 24.8 Å². The molecule has 0 bridgehead atoms. The summed E-state index contributed by atoms with van der Waals surface area (Å²) in [5.41, 5.74) is -0.349. The quantitative estimate of drug-likeness (QED) is 0.564. The van der Waals surface area contributed by atoms with Crippen molar-refractivity contribution in [1.29, 1.82) is 0 Å². The summed E-state index contributed by atoms with van der Waals surface area (Å²) in [6, 6.07) is 10.3. The Kier molecular flexibility index (Phi) is 6.66. The first-order valence-electron chi connectivity index (χ1n) is 10.5. The highest BCUT2D eigenvalue weighted by atomic mass is 32.2. The Morgan fingerprint density at radius 3 is 2.41 bits per heavy atom. The van der Waals surface area contributed by atoms with Gasteiger partial charge in [0.15, 0.2) is 0 Å². The SMILES string of the molecule is O=C(Cn1nnc(-c2cccc(C(F)(F)F)c2)n1)Nc1ccc(S(=O)(=O)N2CCCCC2)cc1. The van der Waals surface area contributed by atoms with Crippen LogP contribution >= 0.6 is 0 Å². The van der Waals surface area contributed by atoms with Crippen molar-refractivity contribution in [3.05, 3.63) is 54.1 Å². The summed E-state index contributed by atoms with van der Waals surface area (Å²) in [5, 5.41) is 14.0. The number of rotatable bonds is 6. The number of carbonyl (C=O) groups excluding carboxylic acids is 1. The van der Waals surface area contributed by atoms with Gasteiger partial charge < -0.3 is 5.32 Å². The Balaban J connectivity index is 1.39. The Labute approximate surface area is 193 Å². The minimum atomic E-state index is -4.51. The highest BCUT2D eigenvalue weighted by Crippen LogP contribution is 2.31. The maximum atomic E-state index is 12.9. The van der Waals surface area contributed by atoms with Crippen molar-refractivity contribution in [2.75, 3.05) is 18.4 Å². The van der Waals surface area contributed by atoms with E-state index in [1.54, 1.807) is 0 Å². The molecule has 1 saturated heterocycles. The molecule has 0 saturated carbocycles. The lowest BCUT2D eigenvalue weighted by Crippen LogP contribution is -2.35. The zero-order valence-electron chi connectivity index (χ0n) is 17.9. The summed E-state index contributed by atoms with van der Waals surface area (Å²) in [6.45, 7) is 0.655. The zero-order chi connectivity index (χ0) is 24.3. The van der Waals surface area contributed by atoms with Crippen molar-refractivity contribution in [1.82, 2.24) is 24.5 Å². The van der Waals surface area contributed by atoms with Gasteiger partial charge >= 0.3 is 6.18 Å². The highest BCUT2D eigenvalue weighted by Gasteiger charge is 2.31. The predicted octanol–water partition coefficient (Wildman–Crippen LogP) is 3.17. The van der Waals surface area contributed by atoms with Gasteiger partial charge in [0, 0.05) is 24.3 Å². The van der Waals surface area contributed by atoms with Crippen LogP contribution in [0.25, 0.3) is 11.4 Å². The molecule has 180 valence electrons. The molecule has 1 aromatic heterocycles. The minimum absolute atomic E-state index is 0.0498. The van der Waals surface area contributed by atoms with Crippen LogP contribution in [-0.4, -0.2) is 51.9 Å². The van der Waals surface area contributed by atoms with Gasteiger partial charge in [-0.3, -0.25) is 4.79 Å². The molecule has 1 aliphatic rings. The molecular formula is C21H21F3N6O3S. The Hall–Kier alpha value is -3.32. The molecule has 2 heterocycles. The van der Waals surface area contributed by atoms with Gasteiger partial charge in [0.2, 0.25) is 21.8 Å². The lowest BCUT2D eigenvalue weighted by atomic mass is 10.1. The van der Waals surface area contributed by atoms with Crippen molar-refractivity contribution >= 4 is 21.6 Å². The van der Waals surface area contributed by atoms with Crippen LogP contribution in [-0.2, 0) is 27.5 Å². The number of nitrogens with zero attached hydrogens (tertiary/aromatic N) is 5. The van der Waals surface area contributed by atoms with E-state index in [0.29, 0.717) is 18.8 Å². The van der Waals surface area contributed by atoms with Gasteiger partial charge in [0.25, 0.3) is 0 Å². The average Bonchev–Trinajstić information content (AvgIpc) is 3.28. The zero-order valence-corrected chi connectivity index (χ0v) is 18.7. The van der Waals surface area contributed by atoms with Crippen LogP contribution in [0.2, 0.25) is 0 Å². The van der Waals surface area contributed by atoms with Crippen LogP contribution in [0.4, 0.5) is 18.9 Å². The summed E-state index contributed by atoms with van der Waals surface area (Å²) < 4.78 is 65.6. The number of carbonyl (C=O) groups is 1. The van der Waals surface area contributed by atoms with E-state index in [9.17, 15) is 26.4 Å². The molecule has 0 unspecified atom stereocenters. The fourth-order valence-electron chi connectivity index (χ4n) is 3.55. The number of halogens is 3. The predicted molar refractivity (Wildman–Crippen MR) is 116 cm³/mol. The van der Waals surface area contributed by atoms with Crippen molar-refractivity contribution in [2.45, 2.75) is 36.9 Å². The van der Waals surface area contributed by atoms with Gasteiger partial charge in [-0.15, -0.1) is 10.2 Å². The highest BCUT2D eigenvalue weighted by molar-refractivity contribution is 7.89. The number of tetrazole rings is 1. The molecule has 9 nitrogen and oxygen atoms in total. The smallest absolute Gasteiger partial charge is 0.324 e. The summed E-state index contributed by atoms with van der Waals surface area (Å²) in [7, 11) is -3.57. The first kappa shape index (κ1) is 23.8. The van der Waals surface area contributed by atoms with Gasteiger partial charge in [0.1, 0.15) is 6.54 Å². The molecule has 1 fully saturated rings. The van der Waals surface area contributed by atoms with E-state index in [-0.39, 0.29) is 22.8 Å². The van der Waals surface area contributed by atoms with Gasteiger partial charge in [-0.2, -0.15) is 22.3 Å². The number of hydrogen-bond donors (Lipinski definition) is 1. The van der Waals surface area contributed by atoms with Crippen LogP contribution in [0.3, 0.4) is 0 Å². The largest absolute Gasteiger partial charge is 0.416 e. The van der Waals surface area contributed by atoms with Crippen molar-refractivity contribution in [3.8, 4) is 11.4 Å². The molecule has 2 aromatic carbocycles.